The zero-order valence-corrected chi connectivity index (χ0v) is 14.3. The molecule has 0 spiro atoms. The summed E-state index contributed by atoms with van der Waals surface area (Å²) in [5.74, 6) is -4.37. The molecule has 1 heterocycles. The van der Waals surface area contributed by atoms with Crippen molar-refractivity contribution in [1.82, 2.24) is 20.8 Å². The van der Waals surface area contributed by atoms with Crippen LogP contribution in [0, 0.1) is 11.6 Å². The quantitative estimate of drug-likeness (QED) is 0.531. The maximum atomic E-state index is 14.2. The highest BCUT2D eigenvalue weighted by Crippen LogP contribution is 2.44. The van der Waals surface area contributed by atoms with Crippen molar-refractivity contribution in [3.63, 3.8) is 0 Å². The van der Waals surface area contributed by atoms with E-state index in [1.807, 2.05) is 0 Å². The zero-order chi connectivity index (χ0) is 20.3. The van der Waals surface area contributed by atoms with Crippen LogP contribution >= 0.6 is 0 Å². The number of anilines is 1. The Hall–Kier alpha value is -3.24. The lowest BCUT2D eigenvalue weighted by molar-refractivity contribution is -0.132. The molecule has 1 aliphatic carbocycles. The van der Waals surface area contributed by atoms with E-state index in [0.29, 0.717) is 12.8 Å². The van der Waals surface area contributed by atoms with E-state index in [9.17, 15) is 27.2 Å². The van der Waals surface area contributed by atoms with Crippen LogP contribution in [0.15, 0.2) is 30.6 Å². The number of nitrogens with zero attached hydrogens (tertiary/aromatic N) is 2. The number of benzene rings is 1. The summed E-state index contributed by atoms with van der Waals surface area (Å²) in [6.45, 7) is 0. The van der Waals surface area contributed by atoms with Crippen LogP contribution in [0.1, 0.15) is 35.2 Å². The second-order valence-electron chi connectivity index (χ2n) is 6.20. The number of carbonyl (C=O) groups excluding carboxylic acids is 2. The SMILES string of the molecule is O=C(NNC(=O)C(F)F)c1cnc(NC2(c3cccc(F)c3F)CCC2)nc1. The van der Waals surface area contributed by atoms with E-state index in [4.69, 9.17) is 0 Å². The van der Waals surface area contributed by atoms with Crippen molar-refractivity contribution < 1.29 is 27.2 Å². The maximum absolute atomic E-state index is 14.2. The molecule has 0 aliphatic heterocycles. The van der Waals surface area contributed by atoms with Gasteiger partial charge < -0.3 is 5.32 Å². The Morgan fingerprint density at radius 1 is 1.07 bits per heavy atom. The van der Waals surface area contributed by atoms with Gasteiger partial charge in [-0.15, -0.1) is 0 Å². The molecule has 28 heavy (non-hydrogen) atoms. The van der Waals surface area contributed by atoms with Gasteiger partial charge in [0.05, 0.1) is 11.1 Å². The van der Waals surface area contributed by atoms with Crippen molar-refractivity contribution in [3.05, 3.63) is 53.4 Å². The van der Waals surface area contributed by atoms with Gasteiger partial charge in [-0.2, -0.15) is 8.78 Å². The van der Waals surface area contributed by atoms with Crippen molar-refractivity contribution in [2.24, 2.45) is 0 Å². The summed E-state index contributed by atoms with van der Waals surface area (Å²) in [6, 6.07) is 3.93. The molecule has 1 aromatic carbocycles. The van der Waals surface area contributed by atoms with Crippen LogP contribution in [0.5, 0.6) is 0 Å². The van der Waals surface area contributed by atoms with Gasteiger partial charge in [0.1, 0.15) is 0 Å². The van der Waals surface area contributed by atoms with Crippen molar-refractivity contribution in [3.8, 4) is 0 Å². The average molecular weight is 397 g/mol. The molecule has 0 radical (unpaired) electrons. The van der Waals surface area contributed by atoms with E-state index in [2.05, 4.69) is 15.3 Å². The minimum Gasteiger partial charge on any atom is -0.345 e. The van der Waals surface area contributed by atoms with E-state index >= 15 is 0 Å². The van der Waals surface area contributed by atoms with E-state index in [1.165, 1.54) is 12.1 Å². The lowest BCUT2D eigenvalue weighted by atomic mass is 9.71. The number of nitrogens with one attached hydrogen (secondary N) is 3. The predicted molar refractivity (Wildman–Crippen MR) is 89.2 cm³/mol. The molecule has 0 saturated heterocycles. The molecule has 11 heteroatoms. The normalized spacial score (nSPS) is 14.9. The summed E-state index contributed by atoms with van der Waals surface area (Å²) in [4.78, 5) is 30.4. The van der Waals surface area contributed by atoms with Gasteiger partial charge in [-0.1, -0.05) is 12.1 Å². The number of halogens is 4. The van der Waals surface area contributed by atoms with Crippen LogP contribution in [-0.2, 0) is 10.3 Å². The molecular weight excluding hydrogens is 382 g/mol. The second kappa shape index (κ2) is 7.79. The maximum Gasteiger partial charge on any atom is 0.317 e. The van der Waals surface area contributed by atoms with Crippen LogP contribution in [0.25, 0.3) is 0 Å². The Labute approximate surface area is 156 Å². The first kappa shape index (κ1) is 19.5. The monoisotopic (exact) mass is 397 g/mol. The molecule has 3 N–H and O–H groups in total. The van der Waals surface area contributed by atoms with E-state index in [0.717, 1.165) is 24.9 Å². The molecule has 7 nitrogen and oxygen atoms in total. The highest BCUT2D eigenvalue weighted by Gasteiger charge is 2.41. The van der Waals surface area contributed by atoms with Gasteiger partial charge in [-0.3, -0.25) is 20.4 Å². The van der Waals surface area contributed by atoms with Crippen molar-refractivity contribution >= 4 is 17.8 Å². The second-order valence-corrected chi connectivity index (χ2v) is 6.20. The Kier molecular flexibility index (Phi) is 5.43. The minimum absolute atomic E-state index is 0.0801. The molecule has 1 aromatic heterocycles. The Morgan fingerprint density at radius 2 is 1.75 bits per heavy atom. The van der Waals surface area contributed by atoms with Gasteiger partial charge in [0.2, 0.25) is 5.95 Å². The number of alkyl halides is 2. The molecule has 1 aliphatic rings. The van der Waals surface area contributed by atoms with E-state index in [-0.39, 0.29) is 17.1 Å². The summed E-state index contributed by atoms with van der Waals surface area (Å²) in [5, 5.41) is 2.98. The van der Waals surface area contributed by atoms with Crippen molar-refractivity contribution in [1.29, 1.82) is 0 Å². The summed E-state index contributed by atoms with van der Waals surface area (Å²) in [7, 11) is 0. The molecule has 3 rings (SSSR count). The Balaban J connectivity index is 1.70. The number of carbonyl (C=O) groups is 2. The molecule has 0 unspecified atom stereocenters. The third kappa shape index (κ3) is 3.87. The van der Waals surface area contributed by atoms with Crippen LogP contribution in [0.4, 0.5) is 23.5 Å². The molecule has 0 bridgehead atoms. The van der Waals surface area contributed by atoms with Crippen LogP contribution in [0.3, 0.4) is 0 Å². The zero-order valence-electron chi connectivity index (χ0n) is 14.3. The summed E-state index contributed by atoms with van der Waals surface area (Å²) < 4.78 is 51.9. The summed E-state index contributed by atoms with van der Waals surface area (Å²) in [5.41, 5.74) is 2.56. The largest absolute Gasteiger partial charge is 0.345 e. The number of hydrogen-bond donors (Lipinski definition) is 3. The smallest absolute Gasteiger partial charge is 0.317 e. The van der Waals surface area contributed by atoms with Gasteiger partial charge in [0.15, 0.2) is 11.6 Å². The molecule has 2 aromatic rings. The van der Waals surface area contributed by atoms with Crippen LogP contribution in [0.2, 0.25) is 0 Å². The lowest BCUT2D eigenvalue weighted by Crippen LogP contribution is -2.44. The highest BCUT2D eigenvalue weighted by atomic mass is 19.3. The lowest BCUT2D eigenvalue weighted by Gasteiger charge is -2.43. The van der Waals surface area contributed by atoms with E-state index < -0.39 is 35.4 Å². The average Bonchev–Trinajstić information content (AvgIpc) is 2.65. The summed E-state index contributed by atoms with van der Waals surface area (Å²) >= 11 is 0. The molecule has 1 fully saturated rings. The third-order valence-corrected chi connectivity index (χ3v) is 4.44. The van der Waals surface area contributed by atoms with Gasteiger partial charge in [-0.05, 0) is 25.3 Å². The van der Waals surface area contributed by atoms with E-state index in [1.54, 1.807) is 10.9 Å². The van der Waals surface area contributed by atoms with Gasteiger partial charge in [-0.25, -0.2) is 18.7 Å². The molecular formula is C17H15F4N5O2. The predicted octanol–water partition coefficient (Wildman–Crippen LogP) is 2.27. The van der Waals surface area contributed by atoms with Gasteiger partial charge in [0.25, 0.3) is 5.91 Å². The highest BCUT2D eigenvalue weighted by molar-refractivity contribution is 5.95. The molecule has 148 valence electrons. The molecule has 1 saturated carbocycles. The number of amides is 2. The Bertz CT molecular complexity index is 888. The van der Waals surface area contributed by atoms with Gasteiger partial charge >= 0.3 is 12.3 Å². The number of hydrazine groups is 1. The molecule has 0 atom stereocenters. The number of rotatable bonds is 5. The first-order valence-corrected chi connectivity index (χ1v) is 8.25. The number of hydrogen-bond acceptors (Lipinski definition) is 5. The first-order valence-electron chi connectivity index (χ1n) is 8.25. The van der Waals surface area contributed by atoms with Crippen LogP contribution < -0.4 is 16.2 Å². The number of aromatic nitrogens is 2. The Morgan fingerprint density at radius 3 is 2.32 bits per heavy atom. The standard InChI is InChI=1S/C17H15F4N5O2/c18-11-4-1-3-10(12(11)19)17(5-2-6-17)24-16-22-7-9(8-23-16)14(27)25-26-15(28)13(20)21/h1,3-4,7-8,13H,2,5-6H2,(H,25,27)(H,26,28)(H,22,23,24). The fourth-order valence-corrected chi connectivity index (χ4v) is 2.83. The van der Waals surface area contributed by atoms with Crippen molar-refractivity contribution in [2.45, 2.75) is 31.2 Å². The topological polar surface area (TPSA) is 96.0 Å². The third-order valence-electron chi connectivity index (χ3n) is 4.44. The minimum atomic E-state index is -3.27. The first-order chi connectivity index (χ1) is 13.3. The fraction of sp³-hybridized carbons (Fsp3) is 0.294. The fourth-order valence-electron chi connectivity index (χ4n) is 2.83. The molecule has 2 amide bonds. The van der Waals surface area contributed by atoms with Crippen molar-refractivity contribution in [2.75, 3.05) is 5.32 Å². The van der Waals surface area contributed by atoms with Crippen LogP contribution in [-0.4, -0.2) is 28.2 Å². The van der Waals surface area contributed by atoms with Gasteiger partial charge in [0, 0.05) is 18.0 Å². The summed E-state index contributed by atoms with van der Waals surface area (Å²) in [6.07, 6.45) is 0.816.